The lowest BCUT2D eigenvalue weighted by molar-refractivity contribution is 0.597. The predicted molar refractivity (Wildman–Crippen MR) is 111 cm³/mol. The Hall–Kier alpha value is -2.06. The number of aliphatic imine (C=N–C) groups is 1. The molecule has 0 atom stereocenters. The van der Waals surface area contributed by atoms with Gasteiger partial charge in [-0.3, -0.25) is 4.99 Å². The van der Waals surface area contributed by atoms with E-state index in [2.05, 4.69) is 62.8 Å². The number of allylic oxidation sites excluding steroid dienone is 1. The van der Waals surface area contributed by atoms with Crippen molar-refractivity contribution in [3.05, 3.63) is 63.7 Å². The van der Waals surface area contributed by atoms with Crippen LogP contribution in [0.15, 0.2) is 41.4 Å². The molecule has 2 nitrogen and oxygen atoms in total. The summed E-state index contributed by atoms with van der Waals surface area (Å²) >= 11 is 6.20. The molecule has 0 unspecified atom stereocenters. The summed E-state index contributed by atoms with van der Waals surface area (Å²) in [6, 6.07) is 10.4. The van der Waals surface area contributed by atoms with E-state index in [1.165, 1.54) is 22.4 Å². The van der Waals surface area contributed by atoms with Crippen molar-refractivity contribution in [3.63, 3.8) is 0 Å². The van der Waals surface area contributed by atoms with Crippen LogP contribution in [0.4, 0.5) is 11.4 Å². The van der Waals surface area contributed by atoms with Crippen LogP contribution in [-0.2, 0) is 0 Å². The molecule has 0 amide bonds. The lowest BCUT2D eigenvalue weighted by Gasteiger charge is -2.41. The minimum Gasteiger partial charge on any atom is -0.365 e. The second-order valence-electron chi connectivity index (χ2n) is 7.46. The summed E-state index contributed by atoms with van der Waals surface area (Å²) in [5.74, 6) is 0. The van der Waals surface area contributed by atoms with Gasteiger partial charge < -0.3 is 4.90 Å². The van der Waals surface area contributed by atoms with E-state index in [0.29, 0.717) is 0 Å². The van der Waals surface area contributed by atoms with E-state index >= 15 is 0 Å². The maximum atomic E-state index is 6.20. The van der Waals surface area contributed by atoms with Gasteiger partial charge in [-0.2, -0.15) is 0 Å². The monoisotopic (exact) mass is 352 g/mol. The highest BCUT2D eigenvalue weighted by atomic mass is 35.5. The number of aryl methyl sites for hydroxylation is 2. The molecular weight excluding hydrogens is 328 g/mol. The topological polar surface area (TPSA) is 15.6 Å². The molecule has 1 aliphatic heterocycles. The number of hydrogen-bond donors (Lipinski definition) is 0. The van der Waals surface area contributed by atoms with Crippen LogP contribution < -0.4 is 4.90 Å². The molecule has 2 aromatic carbocycles. The van der Waals surface area contributed by atoms with Gasteiger partial charge in [0.2, 0.25) is 0 Å². The van der Waals surface area contributed by atoms with Gasteiger partial charge in [-0.15, -0.1) is 0 Å². The molecule has 0 saturated carbocycles. The highest BCUT2D eigenvalue weighted by Crippen LogP contribution is 2.39. The minimum atomic E-state index is 0.0256. The quantitative estimate of drug-likeness (QED) is 0.576. The van der Waals surface area contributed by atoms with E-state index < -0.39 is 0 Å². The summed E-state index contributed by atoms with van der Waals surface area (Å²) in [5, 5.41) is 0.749. The van der Waals surface area contributed by atoms with E-state index in [1.807, 2.05) is 31.3 Å². The molecule has 0 aliphatic carbocycles. The normalized spacial score (nSPS) is 16.1. The van der Waals surface area contributed by atoms with Gasteiger partial charge in [0.25, 0.3) is 0 Å². The molecule has 0 spiro atoms. The zero-order valence-electron chi connectivity index (χ0n) is 15.8. The highest BCUT2D eigenvalue weighted by Gasteiger charge is 2.28. The summed E-state index contributed by atoms with van der Waals surface area (Å²) in [7, 11) is 2.16. The summed E-state index contributed by atoms with van der Waals surface area (Å²) in [6.45, 7) is 10.8. The first-order chi connectivity index (χ1) is 11.7. The van der Waals surface area contributed by atoms with Crippen molar-refractivity contribution in [1.82, 2.24) is 0 Å². The fraction of sp³-hybridized carbons (Fsp3) is 0.318. The molecule has 0 fully saturated rings. The van der Waals surface area contributed by atoms with Crippen LogP contribution in [0.25, 0.3) is 5.57 Å². The van der Waals surface area contributed by atoms with E-state index in [9.17, 15) is 0 Å². The molecule has 3 heteroatoms. The molecule has 0 bridgehead atoms. The minimum absolute atomic E-state index is 0.0256. The Labute approximate surface area is 155 Å². The molecule has 1 heterocycles. The van der Waals surface area contributed by atoms with Crippen molar-refractivity contribution < 1.29 is 0 Å². The maximum absolute atomic E-state index is 6.20. The zero-order chi connectivity index (χ0) is 18.4. The standard InChI is InChI=1S/C22H25ClN2/c1-14-7-8-18(11-20(14)23)24-13-17-10-19-16(3)12-22(4,5)25(6)21(19)9-15(17)2/h7-13H,1-6H3. The first kappa shape index (κ1) is 17.8. The molecule has 3 rings (SSSR count). The van der Waals surface area contributed by atoms with Gasteiger partial charge in [-0.05, 0) is 81.1 Å². The van der Waals surface area contributed by atoms with Crippen LogP contribution in [0.1, 0.15) is 43.0 Å². The number of halogens is 1. The van der Waals surface area contributed by atoms with Crippen molar-refractivity contribution in [2.45, 2.75) is 40.2 Å². The van der Waals surface area contributed by atoms with Crippen molar-refractivity contribution in [2.75, 3.05) is 11.9 Å². The van der Waals surface area contributed by atoms with Gasteiger partial charge in [-0.25, -0.2) is 0 Å². The fourth-order valence-electron chi connectivity index (χ4n) is 3.26. The van der Waals surface area contributed by atoms with Crippen LogP contribution >= 0.6 is 11.6 Å². The second-order valence-corrected chi connectivity index (χ2v) is 7.86. The summed E-state index contributed by atoms with van der Waals surface area (Å²) in [6.07, 6.45) is 4.26. The molecule has 0 aromatic heterocycles. The average Bonchev–Trinajstić information content (AvgIpc) is 2.54. The number of benzene rings is 2. The number of likely N-dealkylation sites (N-methyl/N-ethyl adjacent to an activating group) is 1. The van der Waals surface area contributed by atoms with E-state index in [0.717, 1.165) is 21.8 Å². The molecule has 130 valence electrons. The van der Waals surface area contributed by atoms with Gasteiger partial charge >= 0.3 is 0 Å². The third kappa shape index (κ3) is 3.36. The SMILES string of the molecule is CC1=CC(C)(C)N(C)c2cc(C)c(C=Nc3ccc(C)c(Cl)c3)cc21. The van der Waals surface area contributed by atoms with Crippen molar-refractivity contribution in [3.8, 4) is 0 Å². The van der Waals surface area contributed by atoms with E-state index in [-0.39, 0.29) is 5.54 Å². The smallest absolute Gasteiger partial charge is 0.0644 e. The summed E-state index contributed by atoms with van der Waals surface area (Å²) in [4.78, 5) is 6.95. The summed E-state index contributed by atoms with van der Waals surface area (Å²) in [5.41, 5.74) is 8.18. The molecule has 0 N–H and O–H groups in total. The first-order valence-electron chi connectivity index (χ1n) is 8.57. The second kappa shape index (κ2) is 6.34. The van der Waals surface area contributed by atoms with E-state index in [4.69, 9.17) is 11.6 Å². The number of rotatable bonds is 2. The van der Waals surface area contributed by atoms with Crippen molar-refractivity contribution in [2.24, 2.45) is 4.99 Å². The maximum Gasteiger partial charge on any atom is 0.0644 e. The lowest BCUT2D eigenvalue weighted by atomic mass is 9.87. The van der Waals surface area contributed by atoms with E-state index in [1.54, 1.807) is 0 Å². The zero-order valence-corrected chi connectivity index (χ0v) is 16.6. The number of nitrogens with zero attached hydrogens (tertiary/aromatic N) is 2. The molecule has 1 aliphatic rings. The number of anilines is 1. The Morgan fingerprint density at radius 1 is 1.04 bits per heavy atom. The lowest BCUT2D eigenvalue weighted by Crippen LogP contribution is -2.42. The van der Waals surface area contributed by atoms with Crippen LogP contribution in [0.2, 0.25) is 5.02 Å². The molecular formula is C22H25ClN2. The number of fused-ring (bicyclic) bond motifs is 1. The Bertz CT molecular complexity index is 891. The summed E-state index contributed by atoms with van der Waals surface area (Å²) < 4.78 is 0. The third-order valence-corrected chi connectivity index (χ3v) is 5.52. The Morgan fingerprint density at radius 2 is 1.76 bits per heavy atom. The van der Waals surface area contributed by atoms with Crippen LogP contribution in [0.3, 0.4) is 0 Å². The molecule has 0 saturated heterocycles. The average molecular weight is 353 g/mol. The highest BCUT2D eigenvalue weighted by molar-refractivity contribution is 6.31. The predicted octanol–water partition coefficient (Wildman–Crippen LogP) is 6.34. The molecule has 25 heavy (non-hydrogen) atoms. The largest absolute Gasteiger partial charge is 0.365 e. The molecule has 2 aromatic rings. The first-order valence-corrected chi connectivity index (χ1v) is 8.95. The van der Waals surface area contributed by atoms with Gasteiger partial charge in [-0.1, -0.05) is 23.7 Å². The van der Waals surface area contributed by atoms with Crippen LogP contribution in [0.5, 0.6) is 0 Å². The van der Waals surface area contributed by atoms with Gasteiger partial charge in [0.15, 0.2) is 0 Å². The van der Waals surface area contributed by atoms with Crippen molar-refractivity contribution >= 4 is 34.8 Å². The Balaban J connectivity index is 2.01. The molecule has 0 radical (unpaired) electrons. The Kier molecular flexibility index (Phi) is 4.51. The number of hydrogen-bond acceptors (Lipinski definition) is 2. The van der Waals surface area contributed by atoms with Crippen LogP contribution in [0, 0.1) is 13.8 Å². The fourth-order valence-corrected chi connectivity index (χ4v) is 3.44. The van der Waals surface area contributed by atoms with Crippen LogP contribution in [-0.4, -0.2) is 18.8 Å². The third-order valence-electron chi connectivity index (χ3n) is 5.11. The van der Waals surface area contributed by atoms with Gasteiger partial charge in [0.05, 0.1) is 11.2 Å². The van der Waals surface area contributed by atoms with Crippen molar-refractivity contribution in [1.29, 1.82) is 0 Å². The van der Waals surface area contributed by atoms with Gasteiger partial charge in [0.1, 0.15) is 0 Å². The Morgan fingerprint density at radius 3 is 2.44 bits per heavy atom. The van der Waals surface area contributed by atoms with Gasteiger partial charge in [0, 0.05) is 29.5 Å².